The summed E-state index contributed by atoms with van der Waals surface area (Å²) in [7, 11) is 3.14. The van der Waals surface area contributed by atoms with Crippen molar-refractivity contribution in [2.24, 2.45) is 0 Å². The summed E-state index contributed by atoms with van der Waals surface area (Å²) < 4.78 is 48.3. The predicted octanol–water partition coefficient (Wildman–Crippen LogP) is 3.47. The molecule has 0 N–H and O–H groups in total. The fourth-order valence-corrected chi connectivity index (χ4v) is 4.00. The Morgan fingerprint density at radius 3 is 2.21 bits per heavy atom. The number of ether oxygens (including phenoxy) is 2. The van der Waals surface area contributed by atoms with Gasteiger partial charge in [-0.3, -0.25) is 9.59 Å². The molecule has 0 spiro atoms. The predicted molar refractivity (Wildman–Crippen MR) is 102 cm³/mol. The molecule has 1 saturated heterocycles. The zero-order valence-corrected chi connectivity index (χ0v) is 16.6. The van der Waals surface area contributed by atoms with Crippen molar-refractivity contribution in [3.8, 4) is 11.5 Å². The van der Waals surface area contributed by atoms with Crippen LogP contribution in [0.25, 0.3) is 0 Å². The number of hydrogen-bond donors (Lipinski definition) is 0. The zero-order chi connectivity index (χ0) is 21.2. The van der Waals surface area contributed by atoms with Crippen molar-refractivity contribution in [1.29, 1.82) is 0 Å². The molecule has 0 atom stereocenters. The summed E-state index contributed by atoms with van der Waals surface area (Å²) in [6, 6.07) is 7.76. The molecule has 1 aromatic heterocycles. The highest BCUT2D eigenvalue weighted by atomic mass is 32.1. The molecule has 10 heteroatoms. The Hall–Kier alpha value is -2.75. The summed E-state index contributed by atoms with van der Waals surface area (Å²) in [4.78, 5) is 27.2. The summed E-state index contributed by atoms with van der Waals surface area (Å²) >= 11 is 0.567. The molecule has 0 radical (unpaired) electrons. The van der Waals surface area contributed by atoms with Gasteiger partial charge in [0.2, 0.25) is 0 Å². The van der Waals surface area contributed by atoms with Crippen LogP contribution in [-0.4, -0.2) is 63.2 Å². The maximum Gasteiger partial charge on any atom is 0.455 e. The lowest BCUT2D eigenvalue weighted by atomic mass is 10.2. The first-order valence-electron chi connectivity index (χ1n) is 8.72. The van der Waals surface area contributed by atoms with Gasteiger partial charge in [-0.05, 0) is 24.3 Å². The number of methoxy groups -OCH3 is 2. The number of nitrogens with zero attached hydrogens (tertiary/aromatic N) is 2. The van der Waals surface area contributed by atoms with Gasteiger partial charge in [-0.1, -0.05) is 0 Å². The first kappa shape index (κ1) is 21.0. The normalized spacial score (nSPS) is 14.7. The maximum atomic E-state index is 12.6. The first-order chi connectivity index (χ1) is 13.7. The van der Waals surface area contributed by atoms with Crippen molar-refractivity contribution in [2.75, 3.05) is 45.3 Å². The second-order valence-electron chi connectivity index (χ2n) is 6.31. The van der Waals surface area contributed by atoms with E-state index in [0.717, 1.165) is 11.8 Å². The van der Waals surface area contributed by atoms with Crippen molar-refractivity contribution in [1.82, 2.24) is 4.90 Å². The second-order valence-corrected chi connectivity index (χ2v) is 7.39. The van der Waals surface area contributed by atoms with Crippen molar-refractivity contribution in [3.05, 3.63) is 40.1 Å². The van der Waals surface area contributed by atoms with Crippen molar-refractivity contribution >= 4 is 28.7 Å². The van der Waals surface area contributed by atoms with Gasteiger partial charge >= 0.3 is 6.18 Å². The molecule has 1 aliphatic rings. The van der Waals surface area contributed by atoms with E-state index in [1.807, 2.05) is 6.07 Å². The Morgan fingerprint density at radius 2 is 1.62 bits per heavy atom. The van der Waals surface area contributed by atoms with E-state index in [2.05, 4.69) is 4.90 Å². The standard InChI is InChI=1S/C19H19F3N2O4S/c1-27-12-3-4-14(28-2)13(11-12)23-7-9-24(10-8-23)18(26)16-6-5-15(29-16)17(25)19(20,21)22/h3-6,11H,7-10H2,1-2H3. The SMILES string of the molecule is COc1ccc(OC)c(N2CCN(C(=O)c3ccc(C(=O)C(F)(F)F)s3)CC2)c1. The number of thiophene rings is 1. The smallest absolute Gasteiger partial charge is 0.455 e. The molecule has 1 aliphatic heterocycles. The Labute approximate surface area is 169 Å². The van der Waals surface area contributed by atoms with E-state index in [4.69, 9.17) is 9.47 Å². The molecule has 156 valence electrons. The second kappa shape index (κ2) is 8.32. The summed E-state index contributed by atoms with van der Waals surface area (Å²) in [5.74, 6) is -0.955. The van der Waals surface area contributed by atoms with Gasteiger partial charge in [0.25, 0.3) is 11.7 Å². The van der Waals surface area contributed by atoms with E-state index in [1.54, 1.807) is 31.3 Å². The van der Waals surface area contributed by atoms with Gasteiger partial charge in [0.1, 0.15) is 11.5 Å². The van der Waals surface area contributed by atoms with Crippen LogP contribution in [0.1, 0.15) is 19.3 Å². The number of alkyl halides is 3. The van der Waals surface area contributed by atoms with E-state index < -0.39 is 16.8 Å². The third-order valence-corrected chi connectivity index (χ3v) is 5.66. The molecule has 0 unspecified atom stereocenters. The molecule has 6 nitrogen and oxygen atoms in total. The fraction of sp³-hybridized carbons (Fsp3) is 0.368. The number of anilines is 1. The number of hydrogen-bond acceptors (Lipinski definition) is 6. The van der Waals surface area contributed by atoms with Gasteiger partial charge in [-0.2, -0.15) is 13.2 Å². The van der Waals surface area contributed by atoms with E-state index in [0.29, 0.717) is 49.0 Å². The molecule has 3 rings (SSSR count). The molecule has 2 aromatic rings. The van der Waals surface area contributed by atoms with Crippen LogP contribution >= 0.6 is 11.3 Å². The number of carbonyl (C=O) groups is 2. The van der Waals surface area contributed by atoms with Gasteiger partial charge in [-0.15, -0.1) is 11.3 Å². The highest BCUT2D eigenvalue weighted by molar-refractivity contribution is 7.16. The summed E-state index contributed by atoms with van der Waals surface area (Å²) in [5.41, 5.74) is 0.841. The quantitative estimate of drug-likeness (QED) is 0.683. The Balaban J connectivity index is 1.68. The van der Waals surface area contributed by atoms with Crippen LogP contribution in [0, 0.1) is 0 Å². The Bertz CT molecular complexity index is 905. The molecule has 29 heavy (non-hydrogen) atoms. The average molecular weight is 428 g/mol. The Morgan fingerprint density at radius 1 is 0.966 bits per heavy atom. The van der Waals surface area contributed by atoms with Crippen LogP contribution in [0.4, 0.5) is 18.9 Å². The summed E-state index contributed by atoms with van der Waals surface area (Å²) in [6.45, 7) is 1.82. The molecule has 1 amide bonds. The van der Waals surface area contributed by atoms with E-state index in [1.165, 1.54) is 6.07 Å². The number of halogens is 3. The molecular weight excluding hydrogens is 409 g/mol. The van der Waals surface area contributed by atoms with Crippen LogP contribution in [0.3, 0.4) is 0 Å². The van der Waals surface area contributed by atoms with Crippen LogP contribution < -0.4 is 14.4 Å². The van der Waals surface area contributed by atoms with Crippen LogP contribution in [0.5, 0.6) is 11.5 Å². The highest BCUT2D eigenvalue weighted by Gasteiger charge is 2.40. The number of rotatable bonds is 5. The lowest BCUT2D eigenvalue weighted by Crippen LogP contribution is -2.48. The minimum atomic E-state index is -4.95. The molecule has 0 saturated carbocycles. The number of Topliss-reactive ketones (excluding diaryl/α,β-unsaturated/α-hetero) is 1. The van der Waals surface area contributed by atoms with Gasteiger partial charge in [0.15, 0.2) is 0 Å². The van der Waals surface area contributed by atoms with Crippen molar-refractivity contribution in [3.63, 3.8) is 0 Å². The monoisotopic (exact) mass is 428 g/mol. The molecule has 1 aromatic carbocycles. The summed E-state index contributed by atoms with van der Waals surface area (Å²) in [6.07, 6.45) is -4.95. The third kappa shape index (κ3) is 4.47. The minimum absolute atomic E-state index is 0.116. The van der Waals surface area contributed by atoms with Crippen LogP contribution in [0.2, 0.25) is 0 Å². The number of amides is 1. The molecule has 0 aliphatic carbocycles. The third-order valence-electron chi connectivity index (χ3n) is 4.59. The van der Waals surface area contributed by atoms with Gasteiger partial charge < -0.3 is 19.3 Å². The molecule has 0 bridgehead atoms. The van der Waals surface area contributed by atoms with Crippen LogP contribution in [0.15, 0.2) is 30.3 Å². The zero-order valence-electron chi connectivity index (χ0n) is 15.8. The highest BCUT2D eigenvalue weighted by Crippen LogP contribution is 2.33. The average Bonchev–Trinajstić information content (AvgIpc) is 3.21. The van der Waals surface area contributed by atoms with E-state index >= 15 is 0 Å². The lowest BCUT2D eigenvalue weighted by molar-refractivity contribution is -0.0882. The lowest BCUT2D eigenvalue weighted by Gasteiger charge is -2.36. The minimum Gasteiger partial charge on any atom is -0.497 e. The number of piperazine rings is 1. The topological polar surface area (TPSA) is 59.1 Å². The number of ketones is 1. The fourth-order valence-electron chi connectivity index (χ4n) is 3.06. The van der Waals surface area contributed by atoms with Crippen LogP contribution in [-0.2, 0) is 0 Å². The van der Waals surface area contributed by atoms with E-state index in [-0.39, 0.29) is 10.8 Å². The van der Waals surface area contributed by atoms with Gasteiger partial charge in [0, 0.05) is 32.2 Å². The number of carbonyl (C=O) groups excluding carboxylic acids is 2. The van der Waals surface area contributed by atoms with Crippen molar-refractivity contribution in [2.45, 2.75) is 6.18 Å². The number of benzene rings is 1. The molecule has 1 fully saturated rings. The molecular formula is C19H19F3N2O4S. The largest absolute Gasteiger partial charge is 0.497 e. The maximum absolute atomic E-state index is 12.6. The van der Waals surface area contributed by atoms with E-state index in [9.17, 15) is 22.8 Å². The van der Waals surface area contributed by atoms with Crippen molar-refractivity contribution < 1.29 is 32.2 Å². The van der Waals surface area contributed by atoms with Gasteiger partial charge in [-0.25, -0.2) is 0 Å². The van der Waals surface area contributed by atoms with Gasteiger partial charge in [0.05, 0.1) is 29.7 Å². The Kier molecular flexibility index (Phi) is 6.02. The summed E-state index contributed by atoms with van der Waals surface area (Å²) in [5, 5.41) is 0. The molecule has 2 heterocycles. The first-order valence-corrected chi connectivity index (χ1v) is 9.54.